The number of nitrogens with zero attached hydrogens (tertiary/aromatic N) is 2. The van der Waals surface area contributed by atoms with Crippen molar-refractivity contribution in [2.75, 3.05) is 13.2 Å². The zero-order chi connectivity index (χ0) is 23.3. The summed E-state index contributed by atoms with van der Waals surface area (Å²) in [5.41, 5.74) is 5.32. The van der Waals surface area contributed by atoms with Crippen LogP contribution < -0.4 is 15.8 Å². The van der Waals surface area contributed by atoms with E-state index in [9.17, 15) is 14.7 Å². The van der Waals surface area contributed by atoms with Crippen LogP contribution in [0.5, 0.6) is 5.75 Å². The number of ether oxygens (including phenoxy) is 1. The Hall–Kier alpha value is -2.61. The van der Waals surface area contributed by atoms with Gasteiger partial charge in [0.25, 0.3) is 0 Å². The molecule has 1 fully saturated rings. The fraction of sp³-hybridized carbons (Fsp3) is 0.625. The average molecular weight is 443 g/mol. The number of fused-ring (bicyclic) bond motifs is 1. The summed E-state index contributed by atoms with van der Waals surface area (Å²) in [7, 11) is 0. The number of benzene rings is 1. The molecule has 32 heavy (non-hydrogen) atoms. The van der Waals surface area contributed by atoms with Crippen LogP contribution in [-0.4, -0.2) is 52.1 Å². The maximum absolute atomic E-state index is 13.2. The molecule has 1 aromatic rings. The van der Waals surface area contributed by atoms with Crippen LogP contribution in [-0.2, 0) is 9.59 Å². The molecule has 3 aliphatic rings. The zero-order valence-corrected chi connectivity index (χ0v) is 19.3. The number of amides is 2. The molecule has 4 rings (SSSR count). The van der Waals surface area contributed by atoms with Gasteiger partial charge in [0.2, 0.25) is 11.8 Å². The van der Waals surface area contributed by atoms with Crippen molar-refractivity contribution in [1.29, 1.82) is 0 Å². The molecular formula is C24H34N4O4. The second kappa shape index (κ2) is 8.06. The lowest BCUT2D eigenvalue weighted by Gasteiger charge is -2.38. The summed E-state index contributed by atoms with van der Waals surface area (Å²) >= 11 is 0. The van der Waals surface area contributed by atoms with Crippen LogP contribution in [0.25, 0.3) is 0 Å². The SMILES string of the molecule is CCC1(CC)CC(=O)N(C[C@H]2C(C)C2C(=O)N[C@@H]2c3ccccc3OCC2(C)O)C(N)=N1. The van der Waals surface area contributed by atoms with Crippen LogP contribution >= 0.6 is 0 Å². The Morgan fingerprint density at radius 1 is 1.34 bits per heavy atom. The molecule has 2 amide bonds. The third-order valence-electron chi connectivity index (χ3n) is 7.64. The predicted octanol–water partition coefficient (Wildman–Crippen LogP) is 1.98. The Labute approximate surface area is 189 Å². The number of aliphatic hydroxyl groups is 1. The van der Waals surface area contributed by atoms with E-state index in [4.69, 9.17) is 10.5 Å². The monoisotopic (exact) mass is 442 g/mol. The second-order valence-electron chi connectivity index (χ2n) is 9.76. The highest BCUT2D eigenvalue weighted by atomic mass is 16.5. The van der Waals surface area contributed by atoms with Gasteiger partial charge in [0.15, 0.2) is 5.96 Å². The van der Waals surface area contributed by atoms with E-state index in [0.29, 0.717) is 18.7 Å². The molecule has 1 saturated carbocycles. The van der Waals surface area contributed by atoms with Crippen molar-refractivity contribution in [2.24, 2.45) is 28.5 Å². The van der Waals surface area contributed by atoms with Crippen molar-refractivity contribution in [3.63, 3.8) is 0 Å². The van der Waals surface area contributed by atoms with Crippen LogP contribution in [0.3, 0.4) is 0 Å². The van der Waals surface area contributed by atoms with Gasteiger partial charge in [-0.2, -0.15) is 0 Å². The Morgan fingerprint density at radius 3 is 2.69 bits per heavy atom. The van der Waals surface area contributed by atoms with Crippen LogP contribution in [0.2, 0.25) is 0 Å². The molecule has 1 aliphatic carbocycles. The molecule has 8 nitrogen and oxygen atoms in total. The summed E-state index contributed by atoms with van der Waals surface area (Å²) in [6, 6.07) is 6.86. The van der Waals surface area contributed by atoms with Crippen LogP contribution in [0.1, 0.15) is 58.6 Å². The highest BCUT2D eigenvalue weighted by Gasteiger charge is 2.54. The molecule has 0 bridgehead atoms. The number of nitrogens with one attached hydrogen (secondary N) is 1. The van der Waals surface area contributed by atoms with Crippen molar-refractivity contribution in [1.82, 2.24) is 10.2 Å². The number of aliphatic imine (C=N–C) groups is 1. The van der Waals surface area contributed by atoms with E-state index in [1.54, 1.807) is 6.92 Å². The number of rotatable bonds is 6. The van der Waals surface area contributed by atoms with E-state index in [0.717, 1.165) is 18.4 Å². The van der Waals surface area contributed by atoms with Gasteiger partial charge in [0.05, 0.1) is 18.0 Å². The van der Waals surface area contributed by atoms with Crippen molar-refractivity contribution in [3.8, 4) is 5.75 Å². The van der Waals surface area contributed by atoms with Crippen molar-refractivity contribution in [2.45, 2.75) is 64.1 Å². The average Bonchev–Trinajstić information content (AvgIpc) is 3.41. The molecule has 1 aromatic carbocycles. The lowest BCUT2D eigenvalue weighted by atomic mass is 9.87. The Morgan fingerprint density at radius 2 is 2.03 bits per heavy atom. The van der Waals surface area contributed by atoms with Gasteiger partial charge in [-0.05, 0) is 37.7 Å². The fourth-order valence-corrected chi connectivity index (χ4v) is 5.13. The summed E-state index contributed by atoms with van der Waals surface area (Å²) in [5, 5.41) is 13.9. The van der Waals surface area contributed by atoms with Crippen LogP contribution in [0.4, 0.5) is 0 Å². The lowest BCUT2D eigenvalue weighted by molar-refractivity contribution is -0.131. The molecule has 0 radical (unpaired) electrons. The molecule has 2 heterocycles. The van der Waals surface area contributed by atoms with E-state index in [2.05, 4.69) is 10.3 Å². The Bertz CT molecular complexity index is 940. The molecule has 0 aromatic heterocycles. The summed E-state index contributed by atoms with van der Waals surface area (Å²) in [4.78, 5) is 32.2. The number of carbonyl (C=O) groups is 2. The van der Waals surface area contributed by atoms with Gasteiger partial charge in [0.1, 0.15) is 18.0 Å². The number of hydrogen-bond acceptors (Lipinski definition) is 6. The van der Waals surface area contributed by atoms with E-state index < -0.39 is 17.2 Å². The molecule has 174 valence electrons. The molecule has 2 aliphatic heterocycles. The molecular weight excluding hydrogens is 408 g/mol. The van der Waals surface area contributed by atoms with Crippen LogP contribution in [0, 0.1) is 17.8 Å². The van der Waals surface area contributed by atoms with Crippen LogP contribution in [0.15, 0.2) is 29.3 Å². The van der Waals surface area contributed by atoms with Crippen molar-refractivity contribution in [3.05, 3.63) is 29.8 Å². The minimum Gasteiger partial charge on any atom is -0.490 e. The Kier molecular flexibility index (Phi) is 5.69. The van der Waals surface area contributed by atoms with Gasteiger partial charge >= 0.3 is 0 Å². The van der Waals surface area contributed by atoms with Gasteiger partial charge in [-0.1, -0.05) is 39.0 Å². The normalized spacial score (nSPS) is 33.1. The topological polar surface area (TPSA) is 117 Å². The second-order valence-corrected chi connectivity index (χ2v) is 9.76. The van der Waals surface area contributed by atoms with E-state index in [-0.39, 0.29) is 42.1 Å². The first-order valence-corrected chi connectivity index (χ1v) is 11.5. The quantitative estimate of drug-likeness (QED) is 0.623. The van der Waals surface area contributed by atoms with Crippen molar-refractivity contribution < 1.29 is 19.4 Å². The lowest BCUT2D eigenvalue weighted by Crippen LogP contribution is -2.52. The summed E-state index contributed by atoms with van der Waals surface area (Å²) < 4.78 is 5.66. The first-order valence-electron chi connectivity index (χ1n) is 11.5. The molecule has 4 N–H and O–H groups in total. The molecule has 0 saturated heterocycles. The predicted molar refractivity (Wildman–Crippen MR) is 121 cm³/mol. The van der Waals surface area contributed by atoms with E-state index in [1.807, 2.05) is 45.0 Å². The molecule has 0 spiro atoms. The standard InChI is InChI=1S/C24H34N4O4/c1-5-24(6-2)11-18(29)28(22(25)27-24)12-16-14(3)19(16)21(30)26-20-15-9-7-8-10-17(15)32-13-23(20,4)31/h7-10,14,16,19-20,31H,5-6,11-13H2,1-4H3,(H2,25,27)(H,26,30)/t14?,16-,19?,20+,23?/m0/s1. The van der Waals surface area contributed by atoms with Crippen molar-refractivity contribution >= 4 is 17.8 Å². The highest BCUT2D eigenvalue weighted by Crippen LogP contribution is 2.48. The minimum absolute atomic E-state index is 0.00323. The van der Waals surface area contributed by atoms with E-state index in [1.165, 1.54) is 4.90 Å². The van der Waals surface area contributed by atoms with Gasteiger partial charge < -0.3 is 20.9 Å². The summed E-state index contributed by atoms with van der Waals surface area (Å²) in [6.45, 7) is 8.21. The fourth-order valence-electron chi connectivity index (χ4n) is 5.13. The zero-order valence-electron chi connectivity index (χ0n) is 19.3. The summed E-state index contributed by atoms with van der Waals surface area (Å²) in [5.74, 6) is 0.641. The maximum Gasteiger partial charge on any atom is 0.231 e. The summed E-state index contributed by atoms with van der Waals surface area (Å²) in [6.07, 6.45) is 1.88. The van der Waals surface area contributed by atoms with Gasteiger partial charge in [-0.25, -0.2) is 4.99 Å². The number of guanidine groups is 1. The number of nitrogens with two attached hydrogens (primary N) is 1. The number of para-hydroxylation sites is 1. The molecule has 3 unspecified atom stereocenters. The first-order chi connectivity index (χ1) is 15.1. The van der Waals surface area contributed by atoms with Gasteiger partial charge in [-0.15, -0.1) is 0 Å². The minimum atomic E-state index is -1.22. The third kappa shape index (κ3) is 3.85. The Balaban J connectivity index is 1.45. The number of carbonyl (C=O) groups excluding carboxylic acids is 2. The van der Waals surface area contributed by atoms with E-state index >= 15 is 0 Å². The van der Waals surface area contributed by atoms with Gasteiger partial charge in [0, 0.05) is 18.0 Å². The van der Waals surface area contributed by atoms with Gasteiger partial charge in [-0.3, -0.25) is 14.5 Å². The first kappa shape index (κ1) is 22.6. The third-order valence-corrected chi connectivity index (χ3v) is 7.64. The largest absolute Gasteiger partial charge is 0.490 e. The maximum atomic E-state index is 13.2. The molecule has 8 heteroatoms. The highest BCUT2D eigenvalue weighted by molar-refractivity contribution is 5.99. The number of hydrogen-bond donors (Lipinski definition) is 3. The molecule has 5 atom stereocenters. The smallest absolute Gasteiger partial charge is 0.231 e.